The molecule has 0 aliphatic heterocycles. The molecule has 1 aromatic heterocycles. The highest BCUT2D eigenvalue weighted by atomic mass is 16.1. The van der Waals surface area contributed by atoms with Crippen LogP contribution in [0.15, 0.2) is 12.4 Å². The number of carbonyl (C=O) groups is 1. The van der Waals surface area contributed by atoms with Crippen LogP contribution in [-0.4, -0.2) is 10.5 Å². The zero-order chi connectivity index (χ0) is 10.1. The van der Waals surface area contributed by atoms with Gasteiger partial charge in [-0.05, 0) is 30.4 Å². The molecule has 0 saturated carbocycles. The number of rotatable bonds is 2. The van der Waals surface area contributed by atoms with Crippen molar-refractivity contribution in [1.82, 2.24) is 4.57 Å². The second kappa shape index (κ2) is 3.46. The molecular weight excluding hydrogens is 178 g/mol. The lowest BCUT2D eigenvalue weighted by molar-refractivity contribution is -0.118. The Hall–Kier alpha value is -1.29. The van der Waals surface area contributed by atoms with Crippen molar-refractivity contribution < 1.29 is 4.79 Å². The summed E-state index contributed by atoms with van der Waals surface area (Å²) in [5.74, 6) is -0.314. The van der Waals surface area contributed by atoms with Gasteiger partial charge in [-0.2, -0.15) is 0 Å². The molecule has 1 aliphatic rings. The first-order valence-electron chi connectivity index (χ1n) is 4.89. The highest BCUT2D eigenvalue weighted by Crippen LogP contribution is 2.28. The zero-order valence-corrected chi connectivity index (χ0v) is 8.07. The number of hydrogen-bond acceptors (Lipinski definition) is 2. The molecule has 0 fully saturated rings. The summed E-state index contributed by atoms with van der Waals surface area (Å²) in [5, 5.41) is 0. The molecule has 0 radical (unpaired) electrons. The Morgan fingerprint density at radius 2 is 2.36 bits per heavy atom. The van der Waals surface area contributed by atoms with Crippen molar-refractivity contribution in [2.24, 2.45) is 11.5 Å². The second-order valence-corrected chi connectivity index (χ2v) is 3.88. The molecular formula is C10H15N3O. The molecule has 4 nitrogen and oxygen atoms in total. The molecule has 76 valence electrons. The zero-order valence-electron chi connectivity index (χ0n) is 8.07. The van der Waals surface area contributed by atoms with E-state index >= 15 is 0 Å². The molecule has 1 atom stereocenters. The van der Waals surface area contributed by atoms with Crippen molar-refractivity contribution in [2.75, 3.05) is 0 Å². The lowest BCUT2D eigenvalue weighted by Gasteiger charge is -2.17. The summed E-state index contributed by atoms with van der Waals surface area (Å²) >= 11 is 0. The van der Waals surface area contributed by atoms with Gasteiger partial charge in [-0.3, -0.25) is 4.79 Å². The molecule has 1 aliphatic carbocycles. The van der Waals surface area contributed by atoms with Crippen LogP contribution in [0.2, 0.25) is 0 Å². The smallest absolute Gasteiger partial charge is 0.237 e. The van der Waals surface area contributed by atoms with Gasteiger partial charge < -0.3 is 16.0 Å². The van der Waals surface area contributed by atoms with Gasteiger partial charge in [0.05, 0.1) is 0 Å². The maximum absolute atomic E-state index is 10.7. The Balaban J connectivity index is 2.26. The van der Waals surface area contributed by atoms with E-state index in [1.54, 1.807) is 0 Å². The Morgan fingerprint density at radius 3 is 3.00 bits per heavy atom. The lowest BCUT2D eigenvalue weighted by Crippen LogP contribution is -2.17. The van der Waals surface area contributed by atoms with Crippen LogP contribution in [0.4, 0.5) is 0 Å². The Bertz CT molecular complexity index is 356. The van der Waals surface area contributed by atoms with Crippen molar-refractivity contribution in [2.45, 2.75) is 31.8 Å². The van der Waals surface area contributed by atoms with E-state index in [0.717, 1.165) is 19.3 Å². The summed E-state index contributed by atoms with van der Waals surface area (Å²) in [6.45, 7) is 0.250. The summed E-state index contributed by atoms with van der Waals surface area (Å²) in [6.07, 6.45) is 7.17. The first-order valence-corrected chi connectivity index (χ1v) is 4.89. The first-order chi connectivity index (χ1) is 6.66. The van der Waals surface area contributed by atoms with Crippen LogP contribution in [0, 0.1) is 0 Å². The van der Waals surface area contributed by atoms with Gasteiger partial charge in [0.1, 0.15) is 6.54 Å². The van der Waals surface area contributed by atoms with Gasteiger partial charge in [0.2, 0.25) is 5.91 Å². The number of nitrogens with two attached hydrogens (primary N) is 2. The molecule has 4 heteroatoms. The summed E-state index contributed by atoms with van der Waals surface area (Å²) < 4.78 is 1.83. The quantitative estimate of drug-likeness (QED) is 0.709. The minimum Gasteiger partial charge on any atom is -0.368 e. The van der Waals surface area contributed by atoms with Crippen molar-refractivity contribution in [3.63, 3.8) is 0 Å². The largest absolute Gasteiger partial charge is 0.368 e. The van der Waals surface area contributed by atoms with Crippen LogP contribution < -0.4 is 11.5 Å². The van der Waals surface area contributed by atoms with Crippen LogP contribution in [-0.2, 0) is 17.8 Å². The van der Waals surface area contributed by atoms with E-state index in [1.807, 2.05) is 17.0 Å². The van der Waals surface area contributed by atoms with Gasteiger partial charge in [-0.25, -0.2) is 0 Å². The number of primary amides is 1. The predicted molar refractivity (Wildman–Crippen MR) is 53.5 cm³/mol. The predicted octanol–water partition coefficient (Wildman–Crippen LogP) is 0.309. The molecule has 0 aromatic carbocycles. The number of aryl methyl sites for hydroxylation is 1. The van der Waals surface area contributed by atoms with Crippen molar-refractivity contribution in [3.8, 4) is 0 Å². The minimum atomic E-state index is -0.314. The van der Waals surface area contributed by atoms with Crippen LogP contribution in [0.1, 0.15) is 30.0 Å². The minimum absolute atomic E-state index is 0.132. The summed E-state index contributed by atoms with van der Waals surface area (Å²) in [4.78, 5) is 10.7. The van der Waals surface area contributed by atoms with E-state index < -0.39 is 0 Å². The number of amides is 1. The fraction of sp³-hybridized carbons (Fsp3) is 0.500. The van der Waals surface area contributed by atoms with Crippen molar-refractivity contribution in [1.29, 1.82) is 0 Å². The van der Waals surface area contributed by atoms with Crippen LogP contribution in [0.3, 0.4) is 0 Å². The molecule has 1 aromatic rings. The fourth-order valence-corrected chi connectivity index (χ4v) is 2.06. The van der Waals surface area contributed by atoms with Crippen LogP contribution in [0.25, 0.3) is 0 Å². The molecule has 2 rings (SSSR count). The Kier molecular flexibility index (Phi) is 2.29. The van der Waals surface area contributed by atoms with Crippen molar-refractivity contribution >= 4 is 5.91 Å². The monoisotopic (exact) mass is 193 g/mol. The molecule has 0 saturated heterocycles. The molecule has 14 heavy (non-hydrogen) atoms. The SMILES string of the molecule is NC(=O)Cn1cc2c(c1)C(N)CCC2. The molecule has 1 heterocycles. The van der Waals surface area contributed by atoms with Gasteiger partial charge in [0.15, 0.2) is 0 Å². The highest BCUT2D eigenvalue weighted by molar-refractivity contribution is 5.73. The summed E-state index contributed by atoms with van der Waals surface area (Å²) in [5.41, 5.74) is 13.5. The summed E-state index contributed by atoms with van der Waals surface area (Å²) in [7, 11) is 0. The second-order valence-electron chi connectivity index (χ2n) is 3.88. The Morgan fingerprint density at radius 1 is 1.57 bits per heavy atom. The third-order valence-electron chi connectivity index (χ3n) is 2.70. The topological polar surface area (TPSA) is 74.0 Å². The Labute approximate surface area is 82.9 Å². The number of carbonyl (C=O) groups excluding carboxylic acids is 1. The van der Waals surface area contributed by atoms with Gasteiger partial charge >= 0.3 is 0 Å². The van der Waals surface area contributed by atoms with Gasteiger partial charge in [-0.15, -0.1) is 0 Å². The number of fused-ring (bicyclic) bond motifs is 1. The van der Waals surface area contributed by atoms with Gasteiger partial charge in [0.25, 0.3) is 0 Å². The van der Waals surface area contributed by atoms with Crippen LogP contribution >= 0.6 is 0 Å². The third kappa shape index (κ3) is 1.65. The van der Waals surface area contributed by atoms with E-state index in [-0.39, 0.29) is 18.5 Å². The van der Waals surface area contributed by atoms with Gasteiger partial charge in [0, 0.05) is 18.4 Å². The average molecular weight is 193 g/mol. The normalized spacial score (nSPS) is 20.5. The van der Waals surface area contributed by atoms with Crippen LogP contribution in [0.5, 0.6) is 0 Å². The van der Waals surface area contributed by atoms with Crippen molar-refractivity contribution in [3.05, 3.63) is 23.5 Å². The van der Waals surface area contributed by atoms with E-state index in [2.05, 4.69) is 0 Å². The van der Waals surface area contributed by atoms with Gasteiger partial charge in [-0.1, -0.05) is 0 Å². The highest BCUT2D eigenvalue weighted by Gasteiger charge is 2.18. The number of hydrogen-bond donors (Lipinski definition) is 2. The maximum atomic E-state index is 10.7. The number of nitrogens with zero attached hydrogens (tertiary/aromatic N) is 1. The molecule has 1 unspecified atom stereocenters. The fourth-order valence-electron chi connectivity index (χ4n) is 2.06. The molecule has 0 bridgehead atoms. The number of aromatic nitrogens is 1. The average Bonchev–Trinajstić information content (AvgIpc) is 2.47. The van der Waals surface area contributed by atoms with E-state index in [4.69, 9.17) is 11.5 Å². The standard InChI is InChI=1S/C10H15N3O/c11-9-3-1-2-7-4-13(5-8(7)9)6-10(12)14/h4-5,9H,1-3,6,11H2,(H2,12,14). The van der Waals surface area contributed by atoms with E-state index in [9.17, 15) is 4.79 Å². The molecule has 1 amide bonds. The lowest BCUT2D eigenvalue weighted by atomic mass is 9.92. The third-order valence-corrected chi connectivity index (χ3v) is 2.70. The summed E-state index contributed by atoms with van der Waals surface area (Å²) in [6, 6.07) is 0.132. The molecule has 4 N–H and O–H groups in total. The van der Waals surface area contributed by atoms with E-state index in [1.165, 1.54) is 11.1 Å². The molecule has 0 spiro atoms. The maximum Gasteiger partial charge on any atom is 0.237 e. The first kappa shape index (κ1) is 9.27. The van der Waals surface area contributed by atoms with E-state index in [0.29, 0.717) is 0 Å².